The van der Waals surface area contributed by atoms with Gasteiger partial charge in [-0.15, -0.1) is 0 Å². The van der Waals surface area contributed by atoms with E-state index >= 15 is 0 Å². The van der Waals surface area contributed by atoms with Gasteiger partial charge in [-0.05, 0) is 42.7 Å². The van der Waals surface area contributed by atoms with E-state index in [0.717, 1.165) is 11.1 Å². The van der Waals surface area contributed by atoms with Gasteiger partial charge in [-0.2, -0.15) is 0 Å². The summed E-state index contributed by atoms with van der Waals surface area (Å²) in [5, 5.41) is 14.1. The van der Waals surface area contributed by atoms with Gasteiger partial charge in [0.15, 0.2) is 0 Å². The number of hydrogen-bond acceptors (Lipinski definition) is 4. The topological polar surface area (TPSA) is 98.3 Å². The average molecular weight is 394 g/mol. The minimum Gasteiger partial charge on any atom is -0.398 e. The SMILES string of the molecule is CC.CC.Cc1cc(Cl)ccc1CCNC(=O)c1ccc([N+](=O)[O-])cc1N. The third-order valence-corrected chi connectivity index (χ3v) is 3.71. The molecule has 0 radical (unpaired) electrons. The van der Waals surface area contributed by atoms with E-state index in [9.17, 15) is 14.9 Å². The van der Waals surface area contributed by atoms with Crippen molar-refractivity contribution in [3.8, 4) is 0 Å². The van der Waals surface area contributed by atoms with E-state index in [1.165, 1.54) is 18.2 Å². The second-order valence-corrected chi connectivity index (χ2v) is 5.54. The number of hydrogen-bond donors (Lipinski definition) is 2. The molecule has 2 aromatic carbocycles. The quantitative estimate of drug-likeness (QED) is 0.416. The Bertz CT molecular complexity index is 764. The van der Waals surface area contributed by atoms with Crippen molar-refractivity contribution in [2.24, 2.45) is 0 Å². The first-order valence-corrected chi connectivity index (χ1v) is 9.33. The second-order valence-electron chi connectivity index (χ2n) is 5.11. The lowest BCUT2D eigenvalue weighted by Crippen LogP contribution is -2.26. The van der Waals surface area contributed by atoms with Crippen LogP contribution in [-0.2, 0) is 6.42 Å². The fraction of sp³-hybridized carbons (Fsp3) is 0.350. The molecular formula is C20H28ClN3O3. The molecular weight excluding hydrogens is 366 g/mol. The molecule has 0 saturated carbocycles. The molecule has 3 N–H and O–H groups in total. The van der Waals surface area contributed by atoms with E-state index in [-0.39, 0.29) is 22.8 Å². The number of benzene rings is 2. The summed E-state index contributed by atoms with van der Waals surface area (Å²) in [6.07, 6.45) is 0.654. The predicted octanol–water partition coefficient (Wildman–Crippen LogP) is 5.16. The molecule has 0 aliphatic rings. The van der Waals surface area contributed by atoms with Gasteiger partial charge in [0.25, 0.3) is 11.6 Å². The predicted molar refractivity (Wildman–Crippen MR) is 112 cm³/mol. The zero-order valence-electron chi connectivity index (χ0n) is 16.5. The summed E-state index contributed by atoms with van der Waals surface area (Å²) in [4.78, 5) is 22.2. The first-order chi connectivity index (χ1) is 12.9. The number of anilines is 1. The Labute approximate surface area is 165 Å². The number of nitrogens with zero attached hydrogens (tertiary/aromatic N) is 1. The third-order valence-electron chi connectivity index (χ3n) is 3.48. The van der Waals surface area contributed by atoms with Crippen LogP contribution in [0.25, 0.3) is 0 Å². The van der Waals surface area contributed by atoms with Crippen LogP contribution in [0.3, 0.4) is 0 Å². The normalized spacial score (nSPS) is 9.26. The Morgan fingerprint density at radius 3 is 2.30 bits per heavy atom. The molecule has 1 amide bonds. The Morgan fingerprint density at radius 1 is 1.15 bits per heavy atom. The molecule has 0 aliphatic heterocycles. The molecule has 27 heavy (non-hydrogen) atoms. The number of nitro groups is 1. The molecule has 0 spiro atoms. The van der Waals surface area contributed by atoms with Crippen LogP contribution in [-0.4, -0.2) is 17.4 Å². The number of non-ortho nitro benzene ring substituents is 1. The Kier molecular flexibility index (Phi) is 11.5. The van der Waals surface area contributed by atoms with Crippen LogP contribution in [0.2, 0.25) is 5.02 Å². The summed E-state index contributed by atoms with van der Waals surface area (Å²) in [5.41, 5.74) is 8.02. The lowest BCUT2D eigenvalue weighted by Gasteiger charge is -2.09. The van der Waals surface area contributed by atoms with Crippen LogP contribution < -0.4 is 11.1 Å². The molecule has 2 rings (SSSR count). The van der Waals surface area contributed by atoms with E-state index in [1.54, 1.807) is 6.07 Å². The standard InChI is InChI=1S/C16H16ClN3O3.2C2H6/c1-10-8-12(17)3-2-11(10)6-7-19-16(21)14-5-4-13(20(22)23)9-15(14)18;2*1-2/h2-5,8-9H,6-7,18H2,1H3,(H,19,21);2*1-2H3. The first-order valence-electron chi connectivity index (χ1n) is 8.95. The van der Waals surface area contributed by atoms with Crippen molar-refractivity contribution >= 4 is 28.9 Å². The number of carbonyl (C=O) groups excluding carboxylic acids is 1. The molecule has 2 aromatic rings. The minimum atomic E-state index is -0.554. The summed E-state index contributed by atoms with van der Waals surface area (Å²) >= 11 is 5.90. The number of amides is 1. The summed E-state index contributed by atoms with van der Waals surface area (Å²) in [5.74, 6) is -0.357. The Balaban J connectivity index is 0.00000158. The van der Waals surface area contributed by atoms with Crippen molar-refractivity contribution in [2.75, 3.05) is 12.3 Å². The van der Waals surface area contributed by atoms with Crippen molar-refractivity contribution in [2.45, 2.75) is 41.0 Å². The highest BCUT2D eigenvalue weighted by atomic mass is 35.5. The van der Waals surface area contributed by atoms with E-state index < -0.39 is 4.92 Å². The summed E-state index contributed by atoms with van der Waals surface area (Å²) in [6.45, 7) is 10.4. The lowest BCUT2D eigenvalue weighted by molar-refractivity contribution is -0.384. The van der Waals surface area contributed by atoms with Gasteiger partial charge < -0.3 is 11.1 Å². The maximum Gasteiger partial charge on any atom is 0.271 e. The van der Waals surface area contributed by atoms with E-state index in [0.29, 0.717) is 18.0 Å². The molecule has 0 fully saturated rings. The maximum absolute atomic E-state index is 12.1. The summed E-state index contributed by atoms with van der Waals surface area (Å²) < 4.78 is 0. The van der Waals surface area contributed by atoms with Crippen molar-refractivity contribution < 1.29 is 9.72 Å². The monoisotopic (exact) mass is 393 g/mol. The van der Waals surface area contributed by atoms with Crippen LogP contribution in [0, 0.1) is 17.0 Å². The van der Waals surface area contributed by atoms with Gasteiger partial charge in [0.2, 0.25) is 0 Å². The number of nitrogens with one attached hydrogen (secondary N) is 1. The molecule has 148 valence electrons. The largest absolute Gasteiger partial charge is 0.398 e. The number of carbonyl (C=O) groups is 1. The van der Waals surface area contributed by atoms with Crippen molar-refractivity contribution in [1.82, 2.24) is 5.32 Å². The zero-order chi connectivity index (χ0) is 21.0. The minimum absolute atomic E-state index is 0.0828. The lowest BCUT2D eigenvalue weighted by atomic mass is 10.1. The Hall–Kier alpha value is -2.60. The van der Waals surface area contributed by atoms with Gasteiger partial charge in [0, 0.05) is 23.7 Å². The summed E-state index contributed by atoms with van der Waals surface area (Å²) in [6, 6.07) is 9.39. The fourth-order valence-electron chi connectivity index (χ4n) is 2.22. The first kappa shape index (κ1) is 24.4. The molecule has 0 aliphatic carbocycles. The van der Waals surface area contributed by atoms with Gasteiger partial charge in [-0.1, -0.05) is 45.4 Å². The molecule has 6 nitrogen and oxygen atoms in total. The average Bonchev–Trinajstić information content (AvgIpc) is 2.66. The van der Waals surface area contributed by atoms with Crippen molar-refractivity contribution in [3.63, 3.8) is 0 Å². The number of rotatable bonds is 5. The molecule has 0 aromatic heterocycles. The number of aryl methyl sites for hydroxylation is 1. The Morgan fingerprint density at radius 2 is 1.78 bits per heavy atom. The molecule has 0 unspecified atom stereocenters. The van der Waals surface area contributed by atoms with Crippen molar-refractivity contribution in [3.05, 3.63) is 68.2 Å². The van der Waals surface area contributed by atoms with E-state index in [1.807, 2.05) is 46.8 Å². The van der Waals surface area contributed by atoms with Gasteiger partial charge in [0.05, 0.1) is 16.2 Å². The highest BCUT2D eigenvalue weighted by Gasteiger charge is 2.14. The van der Waals surface area contributed by atoms with Gasteiger partial charge in [-0.25, -0.2) is 0 Å². The maximum atomic E-state index is 12.1. The van der Waals surface area contributed by atoms with Crippen LogP contribution in [0.15, 0.2) is 36.4 Å². The number of nitrogens with two attached hydrogens (primary N) is 1. The number of halogens is 1. The molecule has 0 heterocycles. The third kappa shape index (κ3) is 7.66. The fourth-order valence-corrected chi connectivity index (χ4v) is 2.44. The van der Waals surface area contributed by atoms with Crippen LogP contribution in [0.4, 0.5) is 11.4 Å². The van der Waals surface area contributed by atoms with Gasteiger partial charge in [0.1, 0.15) is 0 Å². The second kappa shape index (κ2) is 12.7. The number of nitrogen functional groups attached to an aromatic ring is 1. The highest BCUT2D eigenvalue weighted by molar-refractivity contribution is 6.30. The molecule has 0 bridgehead atoms. The van der Waals surface area contributed by atoms with E-state index in [4.69, 9.17) is 17.3 Å². The number of nitro benzene ring substituents is 1. The smallest absolute Gasteiger partial charge is 0.271 e. The van der Waals surface area contributed by atoms with Gasteiger partial charge in [-0.3, -0.25) is 14.9 Å². The van der Waals surface area contributed by atoms with E-state index in [2.05, 4.69) is 5.32 Å². The van der Waals surface area contributed by atoms with Gasteiger partial charge >= 0.3 is 0 Å². The van der Waals surface area contributed by atoms with Crippen molar-refractivity contribution in [1.29, 1.82) is 0 Å². The highest BCUT2D eigenvalue weighted by Crippen LogP contribution is 2.20. The van der Waals surface area contributed by atoms with Crippen LogP contribution >= 0.6 is 11.6 Å². The zero-order valence-corrected chi connectivity index (χ0v) is 17.3. The molecule has 0 saturated heterocycles. The molecule has 0 atom stereocenters. The molecule has 7 heteroatoms. The summed E-state index contributed by atoms with van der Waals surface area (Å²) in [7, 11) is 0. The van der Waals surface area contributed by atoms with Crippen LogP contribution in [0.1, 0.15) is 49.2 Å². The van der Waals surface area contributed by atoms with Crippen LogP contribution in [0.5, 0.6) is 0 Å².